The van der Waals surface area contributed by atoms with Crippen LogP contribution in [0.5, 0.6) is 0 Å². The van der Waals surface area contributed by atoms with E-state index in [9.17, 15) is 9.18 Å². The molecule has 1 heterocycles. The lowest BCUT2D eigenvalue weighted by Crippen LogP contribution is -2.37. The van der Waals surface area contributed by atoms with Crippen molar-refractivity contribution in [2.75, 3.05) is 24.7 Å². The molecule has 1 aliphatic heterocycles. The Morgan fingerprint density at radius 1 is 1.28 bits per heavy atom. The average molecular weight is 358 g/mol. The molecule has 1 fully saturated rings. The fourth-order valence-corrected chi connectivity index (χ4v) is 3.74. The van der Waals surface area contributed by atoms with Gasteiger partial charge in [0.1, 0.15) is 5.82 Å². The molecule has 132 valence electrons. The number of nitrogens with zero attached hydrogens (tertiary/aromatic N) is 1. The smallest absolute Gasteiger partial charge is 0.238 e. The van der Waals surface area contributed by atoms with Crippen LogP contribution in [0.4, 0.5) is 10.1 Å². The van der Waals surface area contributed by atoms with Crippen molar-refractivity contribution in [1.82, 2.24) is 4.90 Å². The van der Waals surface area contributed by atoms with Gasteiger partial charge in [0.05, 0.1) is 6.54 Å². The van der Waals surface area contributed by atoms with Gasteiger partial charge in [-0.05, 0) is 74.0 Å². The Morgan fingerprint density at radius 2 is 2.08 bits per heavy atom. The molecular formula is C20H23FN2OS. The molecule has 2 aromatic carbocycles. The zero-order chi connectivity index (χ0) is 17.6. The molecule has 1 atom stereocenters. The van der Waals surface area contributed by atoms with Crippen LogP contribution in [0, 0.1) is 5.82 Å². The van der Waals surface area contributed by atoms with Crippen LogP contribution in [-0.2, 0) is 11.2 Å². The summed E-state index contributed by atoms with van der Waals surface area (Å²) in [4.78, 5) is 15.7. The number of likely N-dealkylation sites (tertiary alicyclic amines) is 1. The van der Waals surface area contributed by atoms with Gasteiger partial charge in [-0.25, -0.2) is 4.39 Å². The molecule has 1 unspecified atom stereocenters. The molecule has 0 radical (unpaired) electrons. The van der Waals surface area contributed by atoms with Gasteiger partial charge in [-0.2, -0.15) is 0 Å². The second-order valence-corrected chi connectivity index (χ2v) is 7.26. The van der Waals surface area contributed by atoms with E-state index < -0.39 is 0 Å². The molecule has 1 N–H and O–H groups in total. The number of amides is 1. The topological polar surface area (TPSA) is 32.3 Å². The third-order valence-electron chi connectivity index (χ3n) is 4.58. The van der Waals surface area contributed by atoms with Crippen molar-refractivity contribution in [3.8, 4) is 0 Å². The number of halogens is 1. The number of rotatable bonds is 6. The molecule has 0 bridgehead atoms. The van der Waals surface area contributed by atoms with Gasteiger partial charge in [-0.1, -0.05) is 12.1 Å². The molecule has 0 saturated carbocycles. The standard InChI is InChI=1S/C20H23FN2OS/c1-25-19-9-7-17(8-10-19)22-20(24)14-23-11-3-6-18(23)13-15-4-2-5-16(21)12-15/h2,4-5,7-10,12,18H,3,6,11,13-14H2,1H3,(H,22,24). The molecule has 3 nitrogen and oxygen atoms in total. The minimum atomic E-state index is -0.200. The minimum Gasteiger partial charge on any atom is -0.325 e. The SMILES string of the molecule is CSc1ccc(NC(=O)CN2CCCC2Cc2cccc(F)c2)cc1. The monoisotopic (exact) mass is 358 g/mol. The van der Waals surface area contributed by atoms with Crippen LogP contribution in [0.25, 0.3) is 0 Å². The van der Waals surface area contributed by atoms with Crippen molar-refractivity contribution >= 4 is 23.4 Å². The number of hydrogen-bond acceptors (Lipinski definition) is 3. The van der Waals surface area contributed by atoms with Gasteiger partial charge in [0.15, 0.2) is 0 Å². The zero-order valence-electron chi connectivity index (χ0n) is 14.4. The van der Waals surface area contributed by atoms with E-state index in [2.05, 4.69) is 10.2 Å². The van der Waals surface area contributed by atoms with E-state index in [0.29, 0.717) is 12.6 Å². The van der Waals surface area contributed by atoms with Crippen molar-refractivity contribution in [3.63, 3.8) is 0 Å². The number of hydrogen-bond donors (Lipinski definition) is 1. The third kappa shape index (κ3) is 5.06. The van der Waals surface area contributed by atoms with Crippen molar-refractivity contribution in [3.05, 3.63) is 59.9 Å². The lowest BCUT2D eigenvalue weighted by atomic mass is 10.0. The van der Waals surface area contributed by atoms with E-state index in [1.165, 1.54) is 11.0 Å². The van der Waals surface area contributed by atoms with Gasteiger partial charge in [-0.15, -0.1) is 11.8 Å². The maximum absolute atomic E-state index is 13.4. The summed E-state index contributed by atoms with van der Waals surface area (Å²) in [6.07, 6.45) is 4.94. The maximum atomic E-state index is 13.4. The summed E-state index contributed by atoms with van der Waals surface area (Å²) in [5, 5.41) is 2.96. The number of carbonyl (C=O) groups excluding carboxylic acids is 1. The van der Waals surface area contributed by atoms with Gasteiger partial charge in [-0.3, -0.25) is 9.69 Å². The molecule has 2 aromatic rings. The largest absolute Gasteiger partial charge is 0.325 e. The quantitative estimate of drug-likeness (QED) is 0.786. The van der Waals surface area contributed by atoms with E-state index in [-0.39, 0.29) is 11.7 Å². The van der Waals surface area contributed by atoms with Crippen LogP contribution in [-0.4, -0.2) is 36.2 Å². The number of anilines is 1. The molecule has 0 spiro atoms. The number of nitrogens with one attached hydrogen (secondary N) is 1. The Bertz CT molecular complexity index is 720. The molecule has 1 aliphatic rings. The second kappa shape index (κ2) is 8.50. The molecule has 1 saturated heterocycles. The van der Waals surface area contributed by atoms with E-state index in [1.807, 2.05) is 36.6 Å². The Kier molecular flexibility index (Phi) is 6.10. The van der Waals surface area contributed by atoms with Crippen LogP contribution in [0.3, 0.4) is 0 Å². The fourth-order valence-electron chi connectivity index (χ4n) is 3.33. The lowest BCUT2D eigenvalue weighted by molar-refractivity contribution is -0.117. The van der Waals surface area contributed by atoms with Crippen molar-refractivity contribution < 1.29 is 9.18 Å². The van der Waals surface area contributed by atoms with Gasteiger partial charge < -0.3 is 5.32 Å². The summed E-state index contributed by atoms with van der Waals surface area (Å²) < 4.78 is 13.4. The first kappa shape index (κ1) is 18.0. The first-order valence-corrected chi connectivity index (χ1v) is 9.79. The number of carbonyl (C=O) groups is 1. The summed E-state index contributed by atoms with van der Waals surface area (Å²) >= 11 is 1.68. The number of benzene rings is 2. The molecule has 25 heavy (non-hydrogen) atoms. The maximum Gasteiger partial charge on any atom is 0.238 e. The Morgan fingerprint density at radius 3 is 2.80 bits per heavy atom. The molecule has 0 aromatic heterocycles. The summed E-state index contributed by atoms with van der Waals surface area (Å²) in [5.74, 6) is -0.198. The molecule has 0 aliphatic carbocycles. The Labute approximate surface area is 152 Å². The first-order valence-electron chi connectivity index (χ1n) is 8.56. The van der Waals surface area contributed by atoms with Crippen LogP contribution in [0.1, 0.15) is 18.4 Å². The normalized spacial score (nSPS) is 17.6. The molecule has 3 rings (SSSR count). The fraction of sp³-hybridized carbons (Fsp3) is 0.350. The Hall–Kier alpha value is -1.85. The highest BCUT2D eigenvalue weighted by molar-refractivity contribution is 7.98. The summed E-state index contributed by atoms with van der Waals surface area (Å²) in [7, 11) is 0. The van der Waals surface area contributed by atoms with Crippen molar-refractivity contribution in [2.24, 2.45) is 0 Å². The third-order valence-corrected chi connectivity index (χ3v) is 5.32. The van der Waals surface area contributed by atoms with Gasteiger partial charge in [0.2, 0.25) is 5.91 Å². The highest BCUT2D eigenvalue weighted by Crippen LogP contribution is 2.22. The van der Waals surface area contributed by atoms with Crippen LogP contribution in [0.2, 0.25) is 0 Å². The average Bonchev–Trinajstić information content (AvgIpc) is 3.02. The lowest BCUT2D eigenvalue weighted by Gasteiger charge is -2.24. The van der Waals surface area contributed by atoms with E-state index in [4.69, 9.17) is 0 Å². The van der Waals surface area contributed by atoms with Crippen LogP contribution >= 0.6 is 11.8 Å². The highest BCUT2D eigenvalue weighted by atomic mass is 32.2. The predicted molar refractivity (Wildman–Crippen MR) is 102 cm³/mol. The summed E-state index contributed by atoms with van der Waals surface area (Å²) in [5.41, 5.74) is 1.81. The highest BCUT2D eigenvalue weighted by Gasteiger charge is 2.26. The first-order chi connectivity index (χ1) is 12.1. The predicted octanol–water partition coefficient (Wildman–Crippen LogP) is 4.19. The van der Waals surface area contributed by atoms with Gasteiger partial charge in [0.25, 0.3) is 0 Å². The van der Waals surface area contributed by atoms with Crippen molar-refractivity contribution in [2.45, 2.75) is 30.2 Å². The van der Waals surface area contributed by atoms with E-state index >= 15 is 0 Å². The van der Waals surface area contributed by atoms with Gasteiger partial charge >= 0.3 is 0 Å². The zero-order valence-corrected chi connectivity index (χ0v) is 15.2. The van der Waals surface area contributed by atoms with Crippen LogP contribution < -0.4 is 5.32 Å². The van der Waals surface area contributed by atoms with Gasteiger partial charge in [0, 0.05) is 16.6 Å². The van der Waals surface area contributed by atoms with E-state index in [0.717, 1.165) is 37.1 Å². The van der Waals surface area contributed by atoms with Crippen molar-refractivity contribution in [1.29, 1.82) is 0 Å². The second-order valence-electron chi connectivity index (χ2n) is 6.38. The van der Waals surface area contributed by atoms with Crippen LogP contribution in [0.15, 0.2) is 53.4 Å². The molecular weight excluding hydrogens is 335 g/mol. The molecule has 5 heteroatoms. The number of thioether (sulfide) groups is 1. The minimum absolute atomic E-state index is 0.00282. The summed E-state index contributed by atoms with van der Waals surface area (Å²) in [6, 6.07) is 14.9. The van der Waals surface area contributed by atoms with E-state index in [1.54, 1.807) is 23.9 Å². The molecule has 1 amide bonds. The summed E-state index contributed by atoms with van der Waals surface area (Å²) in [6.45, 7) is 1.29. The Balaban J connectivity index is 1.56.